The Bertz CT molecular complexity index is 836. The molecule has 0 aliphatic heterocycles. The maximum atomic E-state index is 9.80. The zero-order chi connectivity index (χ0) is 16.4. The summed E-state index contributed by atoms with van der Waals surface area (Å²) < 4.78 is 2.15. The molecule has 1 aromatic carbocycles. The van der Waals surface area contributed by atoms with Gasteiger partial charge >= 0.3 is 0 Å². The fourth-order valence-electron chi connectivity index (χ4n) is 2.93. The van der Waals surface area contributed by atoms with Crippen molar-refractivity contribution in [3.05, 3.63) is 47.7 Å². The lowest BCUT2D eigenvalue weighted by Crippen LogP contribution is -2.06. The summed E-state index contributed by atoms with van der Waals surface area (Å²) >= 11 is 0. The molecule has 3 rings (SSSR count). The molecule has 0 saturated carbocycles. The lowest BCUT2D eigenvalue weighted by atomic mass is 10.1. The Morgan fingerprint density at radius 1 is 1.17 bits per heavy atom. The average molecular weight is 309 g/mol. The van der Waals surface area contributed by atoms with E-state index in [0.717, 1.165) is 47.8 Å². The number of aryl methyl sites for hydroxylation is 2. The van der Waals surface area contributed by atoms with E-state index in [4.69, 9.17) is 4.98 Å². The van der Waals surface area contributed by atoms with Gasteiger partial charge in [0.25, 0.3) is 0 Å². The Hall–Kier alpha value is -2.49. The predicted molar refractivity (Wildman–Crippen MR) is 95.2 cm³/mol. The fourth-order valence-corrected chi connectivity index (χ4v) is 2.93. The van der Waals surface area contributed by atoms with Gasteiger partial charge in [0.05, 0.1) is 0 Å². The first-order valence-electron chi connectivity index (χ1n) is 8.13. The normalized spacial score (nSPS) is 11.1. The van der Waals surface area contributed by atoms with Crippen LogP contribution in [-0.4, -0.2) is 21.0 Å². The molecular formula is C19H23N3O. The first-order chi connectivity index (χ1) is 11.1. The number of benzene rings is 1. The highest BCUT2D eigenvalue weighted by atomic mass is 16.3. The number of imidazole rings is 1. The second-order valence-corrected chi connectivity index (χ2v) is 6.01. The minimum Gasteiger partial charge on any atom is -0.508 e. The quantitative estimate of drug-likeness (QED) is 0.680. The molecule has 120 valence electrons. The summed E-state index contributed by atoms with van der Waals surface area (Å²) in [6.07, 6.45) is 2.25. The number of fused-ring (bicyclic) bond motifs is 1. The summed E-state index contributed by atoms with van der Waals surface area (Å²) in [6.45, 7) is 7.27. The van der Waals surface area contributed by atoms with Crippen LogP contribution >= 0.6 is 0 Å². The number of hydrogen-bond acceptors (Lipinski definition) is 3. The number of phenolic OH excluding ortho intramolecular Hbond substituents is 1. The number of aromatic nitrogens is 2. The second kappa shape index (κ2) is 6.32. The zero-order valence-electron chi connectivity index (χ0n) is 13.9. The minimum absolute atomic E-state index is 0.256. The van der Waals surface area contributed by atoms with E-state index in [2.05, 4.69) is 42.6 Å². The third kappa shape index (κ3) is 3.02. The molecular weight excluding hydrogens is 286 g/mol. The van der Waals surface area contributed by atoms with Crippen LogP contribution in [0.25, 0.3) is 16.9 Å². The van der Waals surface area contributed by atoms with Crippen LogP contribution in [0.5, 0.6) is 5.75 Å². The Balaban J connectivity index is 2.19. The van der Waals surface area contributed by atoms with E-state index in [1.165, 1.54) is 5.56 Å². The molecule has 2 heterocycles. The molecule has 0 spiro atoms. The summed E-state index contributed by atoms with van der Waals surface area (Å²) in [5.41, 5.74) is 5.08. The maximum absolute atomic E-state index is 9.80. The maximum Gasteiger partial charge on any atom is 0.139 e. The van der Waals surface area contributed by atoms with Gasteiger partial charge in [-0.05, 0) is 50.1 Å². The number of rotatable bonds is 5. The summed E-state index contributed by atoms with van der Waals surface area (Å²) in [5, 5.41) is 13.3. The van der Waals surface area contributed by atoms with Gasteiger partial charge in [0.2, 0.25) is 0 Å². The molecule has 2 N–H and O–H groups in total. The van der Waals surface area contributed by atoms with E-state index in [9.17, 15) is 5.11 Å². The SMILES string of the molecule is CCCCNc1c(-c2cccc(O)c2)nc2cc(C)cc(C)n12. The molecule has 4 heteroatoms. The first-order valence-corrected chi connectivity index (χ1v) is 8.13. The van der Waals surface area contributed by atoms with Crippen molar-refractivity contribution in [3.63, 3.8) is 0 Å². The van der Waals surface area contributed by atoms with Crippen molar-refractivity contribution in [1.29, 1.82) is 0 Å². The summed E-state index contributed by atoms with van der Waals surface area (Å²) in [6, 6.07) is 11.5. The van der Waals surface area contributed by atoms with Gasteiger partial charge in [-0.3, -0.25) is 4.40 Å². The Morgan fingerprint density at radius 3 is 2.74 bits per heavy atom. The Morgan fingerprint density at radius 2 is 2.00 bits per heavy atom. The van der Waals surface area contributed by atoms with Gasteiger partial charge < -0.3 is 10.4 Å². The molecule has 0 bridgehead atoms. The number of nitrogens with one attached hydrogen (secondary N) is 1. The van der Waals surface area contributed by atoms with Crippen LogP contribution in [0.1, 0.15) is 31.0 Å². The summed E-state index contributed by atoms with van der Waals surface area (Å²) in [7, 11) is 0. The largest absolute Gasteiger partial charge is 0.508 e. The molecule has 0 fully saturated rings. The number of aromatic hydroxyl groups is 1. The third-order valence-corrected chi connectivity index (χ3v) is 3.99. The monoisotopic (exact) mass is 309 g/mol. The third-order valence-electron chi connectivity index (χ3n) is 3.99. The number of nitrogens with zero attached hydrogens (tertiary/aromatic N) is 2. The second-order valence-electron chi connectivity index (χ2n) is 6.01. The van der Waals surface area contributed by atoms with Crippen LogP contribution < -0.4 is 5.32 Å². The van der Waals surface area contributed by atoms with Crippen LogP contribution in [0.4, 0.5) is 5.82 Å². The van der Waals surface area contributed by atoms with Gasteiger partial charge in [-0.2, -0.15) is 0 Å². The van der Waals surface area contributed by atoms with Gasteiger partial charge in [0.1, 0.15) is 22.9 Å². The number of anilines is 1. The van der Waals surface area contributed by atoms with Crippen molar-refractivity contribution in [2.45, 2.75) is 33.6 Å². The van der Waals surface area contributed by atoms with Crippen molar-refractivity contribution in [2.75, 3.05) is 11.9 Å². The van der Waals surface area contributed by atoms with Gasteiger partial charge in [-0.25, -0.2) is 4.98 Å². The van der Waals surface area contributed by atoms with Gasteiger partial charge in [0, 0.05) is 17.8 Å². The molecule has 0 atom stereocenters. The number of unbranched alkanes of at least 4 members (excludes halogenated alkanes) is 1. The van der Waals surface area contributed by atoms with Crippen molar-refractivity contribution in [3.8, 4) is 17.0 Å². The number of hydrogen-bond donors (Lipinski definition) is 2. The lowest BCUT2D eigenvalue weighted by molar-refractivity contribution is 0.475. The molecule has 4 nitrogen and oxygen atoms in total. The lowest BCUT2D eigenvalue weighted by Gasteiger charge is -2.11. The summed E-state index contributed by atoms with van der Waals surface area (Å²) in [5.74, 6) is 1.25. The molecule has 0 saturated heterocycles. The standard InChI is InChI=1S/C19H23N3O/c1-4-5-9-20-19-18(15-7-6-8-16(23)12-15)21-17-11-13(2)10-14(3)22(17)19/h6-8,10-12,20,23H,4-5,9H2,1-3H3. The molecule has 0 amide bonds. The van der Waals surface area contributed by atoms with Crippen LogP contribution in [0.15, 0.2) is 36.4 Å². The molecule has 23 heavy (non-hydrogen) atoms. The van der Waals surface area contributed by atoms with Crippen molar-refractivity contribution >= 4 is 11.5 Å². The number of pyridine rings is 1. The highest BCUT2D eigenvalue weighted by molar-refractivity contribution is 5.77. The summed E-state index contributed by atoms with van der Waals surface area (Å²) in [4.78, 5) is 4.81. The Kier molecular flexibility index (Phi) is 4.24. The van der Waals surface area contributed by atoms with Gasteiger partial charge in [-0.1, -0.05) is 25.5 Å². The fraction of sp³-hybridized carbons (Fsp3) is 0.316. The van der Waals surface area contributed by atoms with Crippen LogP contribution in [0.3, 0.4) is 0 Å². The van der Waals surface area contributed by atoms with E-state index in [-0.39, 0.29) is 5.75 Å². The minimum atomic E-state index is 0.256. The van der Waals surface area contributed by atoms with Crippen LogP contribution in [0.2, 0.25) is 0 Å². The van der Waals surface area contributed by atoms with E-state index in [1.54, 1.807) is 12.1 Å². The highest BCUT2D eigenvalue weighted by Crippen LogP contribution is 2.32. The molecule has 0 aliphatic carbocycles. The van der Waals surface area contributed by atoms with E-state index < -0.39 is 0 Å². The Labute approximate surface area is 136 Å². The van der Waals surface area contributed by atoms with Crippen molar-refractivity contribution in [2.24, 2.45) is 0 Å². The van der Waals surface area contributed by atoms with Gasteiger partial charge in [0.15, 0.2) is 0 Å². The molecule has 0 radical (unpaired) electrons. The molecule has 2 aromatic heterocycles. The first kappa shape index (κ1) is 15.4. The number of phenols is 1. The highest BCUT2D eigenvalue weighted by Gasteiger charge is 2.15. The van der Waals surface area contributed by atoms with Crippen molar-refractivity contribution in [1.82, 2.24) is 9.38 Å². The zero-order valence-corrected chi connectivity index (χ0v) is 13.9. The van der Waals surface area contributed by atoms with E-state index >= 15 is 0 Å². The topological polar surface area (TPSA) is 49.6 Å². The predicted octanol–water partition coefficient (Wildman–Crippen LogP) is 4.54. The molecule has 3 aromatic rings. The van der Waals surface area contributed by atoms with Crippen LogP contribution in [0, 0.1) is 13.8 Å². The van der Waals surface area contributed by atoms with Crippen LogP contribution in [-0.2, 0) is 0 Å². The van der Waals surface area contributed by atoms with E-state index in [0.29, 0.717) is 0 Å². The van der Waals surface area contributed by atoms with Crippen molar-refractivity contribution < 1.29 is 5.11 Å². The molecule has 0 unspecified atom stereocenters. The smallest absolute Gasteiger partial charge is 0.139 e. The van der Waals surface area contributed by atoms with Gasteiger partial charge in [-0.15, -0.1) is 0 Å². The van der Waals surface area contributed by atoms with E-state index in [1.807, 2.05) is 12.1 Å². The molecule has 0 aliphatic rings. The average Bonchev–Trinajstić information content (AvgIpc) is 2.86.